The van der Waals surface area contributed by atoms with Gasteiger partial charge < -0.3 is 5.11 Å². The highest BCUT2D eigenvalue weighted by atomic mass is 32.2. The van der Waals surface area contributed by atoms with E-state index in [9.17, 15) is 22.7 Å². The molecule has 0 aliphatic rings. The quantitative estimate of drug-likeness (QED) is 0.832. The average Bonchev–Trinajstić information content (AvgIpc) is 2.50. The number of hydrogen-bond acceptors (Lipinski definition) is 4. The molecule has 2 rings (SSSR count). The monoisotopic (exact) mass is 338 g/mol. The van der Waals surface area contributed by atoms with Gasteiger partial charge in [0.1, 0.15) is 16.8 Å². The van der Waals surface area contributed by atoms with Crippen LogP contribution in [0.15, 0.2) is 47.6 Å². The predicted molar refractivity (Wildman–Crippen MR) is 80.8 cm³/mol. The molecule has 0 amide bonds. The summed E-state index contributed by atoms with van der Waals surface area (Å²) >= 11 is 0. The van der Waals surface area contributed by atoms with Crippen LogP contribution >= 0.6 is 0 Å². The highest BCUT2D eigenvalue weighted by molar-refractivity contribution is 7.89. The van der Waals surface area contributed by atoms with E-state index in [4.69, 9.17) is 0 Å². The molecule has 1 atom stereocenters. The van der Waals surface area contributed by atoms with Crippen LogP contribution in [-0.4, -0.2) is 30.5 Å². The maximum Gasteiger partial charge on any atom is 0.322 e. The highest BCUT2D eigenvalue weighted by Gasteiger charge is 2.28. The van der Waals surface area contributed by atoms with Crippen LogP contribution in [0.3, 0.4) is 0 Å². The minimum absolute atomic E-state index is 0.0789. The normalized spacial score (nSPS) is 12.8. The summed E-state index contributed by atoms with van der Waals surface area (Å²) in [7, 11) is -4.30. The number of nitrogens with zero attached hydrogens (tertiary/aromatic N) is 1. The number of aliphatic carboxylic acids is 1. The molecule has 122 valence electrons. The maximum absolute atomic E-state index is 14.0. The first-order valence-corrected chi connectivity index (χ1v) is 8.19. The minimum atomic E-state index is -4.30. The molecule has 0 bridgehead atoms. The molecule has 2 aromatic rings. The smallest absolute Gasteiger partial charge is 0.322 e. The standard InChI is InChI=1S/C15H15FN2O4S/c1-10-3-2-4-13(14(10)16)23(21,22)18-12(15(19)20)9-11-5-7-17-8-6-11/h2-8,12,18H,9H2,1H3,(H,19,20). The average molecular weight is 338 g/mol. The number of halogens is 1. The summed E-state index contributed by atoms with van der Waals surface area (Å²) in [6.07, 6.45) is 2.87. The van der Waals surface area contributed by atoms with E-state index in [1.165, 1.54) is 31.5 Å². The topological polar surface area (TPSA) is 96.4 Å². The Morgan fingerprint density at radius 1 is 1.30 bits per heavy atom. The first kappa shape index (κ1) is 17.0. The maximum atomic E-state index is 14.0. The van der Waals surface area contributed by atoms with Gasteiger partial charge in [-0.3, -0.25) is 9.78 Å². The lowest BCUT2D eigenvalue weighted by atomic mass is 10.1. The molecule has 0 radical (unpaired) electrons. The number of carboxylic acids is 1. The van der Waals surface area contributed by atoms with Gasteiger partial charge in [0.05, 0.1) is 0 Å². The van der Waals surface area contributed by atoms with Gasteiger partial charge in [-0.25, -0.2) is 12.8 Å². The number of benzene rings is 1. The third-order valence-electron chi connectivity index (χ3n) is 3.23. The van der Waals surface area contributed by atoms with E-state index >= 15 is 0 Å². The summed E-state index contributed by atoms with van der Waals surface area (Å²) in [4.78, 5) is 14.6. The number of rotatable bonds is 6. The number of pyridine rings is 1. The second kappa shape index (κ2) is 6.84. The molecule has 1 aromatic carbocycles. The Labute approximate surface area is 133 Å². The number of nitrogens with one attached hydrogen (secondary N) is 1. The molecule has 0 saturated carbocycles. The van der Waals surface area contributed by atoms with Crippen LogP contribution in [0, 0.1) is 12.7 Å². The zero-order valence-electron chi connectivity index (χ0n) is 12.2. The van der Waals surface area contributed by atoms with Gasteiger partial charge >= 0.3 is 5.97 Å². The van der Waals surface area contributed by atoms with Gasteiger partial charge in [0, 0.05) is 12.4 Å². The summed E-state index contributed by atoms with van der Waals surface area (Å²) in [6.45, 7) is 1.43. The molecule has 0 spiro atoms. The molecule has 0 aliphatic heterocycles. The molecule has 1 heterocycles. The molecule has 1 unspecified atom stereocenters. The summed E-state index contributed by atoms with van der Waals surface area (Å²) in [5.74, 6) is -2.24. The lowest BCUT2D eigenvalue weighted by Crippen LogP contribution is -2.42. The van der Waals surface area contributed by atoms with E-state index in [1.807, 2.05) is 4.72 Å². The van der Waals surface area contributed by atoms with Crippen LogP contribution in [0.4, 0.5) is 4.39 Å². The number of carbonyl (C=O) groups is 1. The Hall–Kier alpha value is -2.32. The van der Waals surface area contributed by atoms with Crippen molar-refractivity contribution in [2.45, 2.75) is 24.3 Å². The van der Waals surface area contributed by atoms with Gasteiger partial charge in [-0.05, 0) is 42.7 Å². The summed E-state index contributed by atoms with van der Waals surface area (Å²) in [5, 5.41) is 9.23. The zero-order chi connectivity index (χ0) is 17.0. The molecule has 6 nitrogen and oxygen atoms in total. The predicted octanol–water partition coefficient (Wildman–Crippen LogP) is 1.50. The molecular formula is C15H15FN2O4S. The van der Waals surface area contributed by atoms with E-state index < -0.39 is 32.7 Å². The van der Waals surface area contributed by atoms with Crippen LogP contribution in [-0.2, 0) is 21.2 Å². The largest absolute Gasteiger partial charge is 0.480 e. The van der Waals surface area contributed by atoms with Gasteiger partial charge in [-0.2, -0.15) is 4.72 Å². The number of carboxylic acid groups (broad SMARTS) is 1. The van der Waals surface area contributed by atoms with Gasteiger partial charge in [-0.15, -0.1) is 0 Å². The highest BCUT2D eigenvalue weighted by Crippen LogP contribution is 2.18. The Balaban J connectivity index is 2.28. The van der Waals surface area contributed by atoms with Crippen molar-refractivity contribution >= 4 is 16.0 Å². The van der Waals surface area contributed by atoms with Crippen molar-refractivity contribution in [2.24, 2.45) is 0 Å². The van der Waals surface area contributed by atoms with Crippen molar-refractivity contribution in [3.05, 3.63) is 59.7 Å². The van der Waals surface area contributed by atoms with Crippen molar-refractivity contribution in [2.75, 3.05) is 0 Å². The third kappa shape index (κ3) is 4.11. The Morgan fingerprint density at radius 2 is 1.96 bits per heavy atom. The van der Waals surface area contributed by atoms with Crippen molar-refractivity contribution in [1.29, 1.82) is 0 Å². The molecule has 0 aliphatic carbocycles. The Bertz CT molecular complexity index is 809. The number of hydrogen-bond donors (Lipinski definition) is 2. The second-order valence-corrected chi connectivity index (χ2v) is 6.64. The fourth-order valence-corrected chi connectivity index (χ4v) is 3.35. The fourth-order valence-electron chi connectivity index (χ4n) is 2.01. The van der Waals surface area contributed by atoms with Gasteiger partial charge in [0.2, 0.25) is 10.0 Å². The first-order valence-electron chi connectivity index (χ1n) is 6.70. The van der Waals surface area contributed by atoms with Gasteiger partial charge in [0.25, 0.3) is 0 Å². The van der Waals surface area contributed by atoms with E-state index in [0.717, 1.165) is 6.07 Å². The van der Waals surface area contributed by atoms with E-state index in [1.54, 1.807) is 12.1 Å². The van der Waals surface area contributed by atoms with Crippen molar-refractivity contribution in [1.82, 2.24) is 9.71 Å². The molecule has 8 heteroatoms. The Kier molecular flexibility index (Phi) is 5.07. The SMILES string of the molecule is Cc1cccc(S(=O)(=O)NC(Cc2ccncc2)C(=O)O)c1F. The first-order chi connectivity index (χ1) is 10.8. The minimum Gasteiger partial charge on any atom is -0.480 e. The summed E-state index contributed by atoms with van der Waals surface area (Å²) in [6, 6.07) is 5.67. The lowest BCUT2D eigenvalue weighted by Gasteiger charge is -2.15. The van der Waals surface area contributed by atoms with Crippen LogP contribution in [0.2, 0.25) is 0 Å². The lowest BCUT2D eigenvalue weighted by molar-refractivity contribution is -0.138. The van der Waals surface area contributed by atoms with Crippen LogP contribution in [0.25, 0.3) is 0 Å². The third-order valence-corrected chi connectivity index (χ3v) is 4.72. The molecule has 23 heavy (non-hydrogen) atoms. The van der Waals surface area contributed by atoms with E-state index in [2.05, 4.69) is 4.98 Å². The molecular weight excluding hydrogens is 323 g/mol. The summed E-state index contributed by atoms with van der Waals surface area (Å²) in [5.41, 5.74) is 0.758. The second-order valence-electron chi connectivity index (χ2n) is 4.96. The molecule has 2 N–H and O–H groups in total. The number of sulfonamides is 1. The number of aromatic nitrogens is 1. The molecule has 1 aromatic heterocycles. The van der Waals surface area contributed by atoms with Crippen LogP contribution in [0.1, 0.15) is 11.1 Å². The zero-order valence-corrected chi connectivity index (χ0v) is 13.0. The van der Waals surface area contributed by atoms with Crippen LogP contribution < -0.4 is 4.72 Å². The van der Waals surface area contributed by atoms with E-state index in [0.29, 0.717) is 5.56 Å². The van der Waals surface area contributed by atoms with Crippen molar-refractivity contribution < 1.29 is 22.7 Å². The Morgan fingerprint density at radius 3 is 2.57 bits per heavy atom. The fraction of sp³-hybridized carbons (Fsp3) is 0.200. The van der Waals surface area contributed by atoms with Gasteiger partial charge in [0.15, 0.2) is 0 Å². The molecule has 0 fully saturated rings. The van der Waals surface area contributed by atoms with Crippen molar-refractivity contribution in [3.8, 4) is 0 Å². The summed E-state index contributed by atoms with van der Waals surface area (Å²) < 4.78 is 40.6. The molecule has 0 saturated heterocycles. The van der Waals surface area contributed by atoms with Crippen molar-refractivity contribution in [3.63, 3.8) is 0 Å². The van der Waals surface area contributed by atoms with E-state index in [-0.39, 0.29) is 12.0 Å². The van der Waals surface area contributed by atoms with Gasteiger partial charge in [-0.1, -0.05) is 12.1 Å². The number of aryl methyl sites for hydroxylation is 1. The van der Waals surface area contributed by atoms with Crippen LogP contribution in [0.5, 0.6) is 0 Å².